The van der Waals surface area contributed by atoms with E-state index in [2.05, 4.69) is 12.2 Å². The van der Waals surface area contributed by atoms with Crippen LogP contribution in [0.25, 0.3) is 0 Å². The van der Waals surface area contributed by atoms with Crippen molar-refractivity contribution in [2.24, 2.45) is 23.2 Å². The summed E-state index contributed by atoms with van der Waals surface area (Å²) in [5, 5.41) is 3.25. The molecular formula is C16H27NO. The van der Waals surface area contributed by atoms with E-state index in [0.717, 1.165) is 30.7 Å². The number of amides is 1. The molecule has 4 aliphatic carbocycles. The molecule has 0 heterocycles. The first-order valence-corrected chi connectivity index (χ1v) is 8.04. The van der Waals surface area contributed by atoms with Gasteiger partial charge in [0.1, 0.15) is 0 Å². The number of unbranched alkanes of at least 4 members (excludes halogenated alkanes) is 1. The number of fused-ring (bicyclic) bond motifs is 1. The minimum atomic E-state index is 0.0534. The van der Waals surface area contributed by atoms with Gasteiger partial charge in [-0.15, -0.1) is 0 Å². The molecule has 0 aromatic rings. The molecule has 1 N–H and O–H groups in total. The monoisotopic (exact) mass is 249 g/mol. The molecular weight excluding hydrogens is 222 g/mol. The number of carbonyl (C=O) groups excluding carboxylic acids is 1. The van der Waals surface area contributed by atoms with Crippen LogP contribution in [-0.4, -0.2) is 12.5 Å². The van der Waals surface area contributed by atoms with Gasteiger partial charge in [-0.3, -0.25) is 4.79 Å². The molecule has 18 heavy (non-hydrogen) atoms. The van der Waals surface area contributed by atoms with E-state index in [1.54, 1.807) is 0 Å². The topological polar surface area (TPSA) is 29.1 Å². The van der Waals surface area contributed by atoms with E-state index < -0.39 is 0 Å². The molecule has 1 amide bonds. The molecule has 0 aromatic carbocycles. The van der Waals surface area contributed by atoms with Gasteiger partial charge in [-0.25, -0.2) is 0 Å². The highest BCUT2D eigenvalue weighted by Crippen LogP contribution is 2.61. The molecule has 0 saturated heterocycles. The van der Waals surface area contributed by atoms with Crippen molar-refractivity contribution >= 4 is 5.91 Å². The van der Waals surface area contributed by atoms with Crippen molar-refractivity contribution in [1.82, 2.24) is 5.32 Å². The second-order valence-corrected chi connectivity index (χ2v) is 6.91. The molecule has 102 valence electrons. The molecule has 4 rings (SSSR count). The molecule has 4 bridgehead atoms. The molecule has 0 unspecified atom stereocenters. The number of rotatable bonds is 4. The molecule has 4 aliphatic rings. The van der Waals surface area contributed by atoms with Crippen LogP contribution in [-0.2, 0) is 4.79 Å². The Labute approximate surface area is 111 Å². The highest BCUT2D eigenvalue weighted by Gasteiger charge is 2.57. The summed E-state index contributed by atoms with van der Waals surface area (Å²) in [6.07, 6.45) is 11.5. The summed E-state index contributed by atoms with van der Waals surface area (Å²) >= 11 is 0. The number of nitrogens with one attached hydrogen (secondary N) is 1. The summed E-state index contributed by atoms with van der Waals surface area (Å²) < 4.78 is 0. The normalized spacial score (nSPS) is 41.7. The average molecular weight is 249 g/mol. The van der Waals surface area contributed by atoms with E-state index in [-0.39, 0.29) is 5.41 Å². The highest BCUT2D eigenvalue weighted by atomic mass is 16.2. The van der Waals surface area contributed by atoms with Crippen LogP contribution in [0.4, 0.5) is 0 Å². The Morgan fingerprint density at radius 3 is 3.00 bits per heavy atom. The van der Waals surface area contributed by atoms with Crippen LogP contribution in [0.1, 0.15) is 64.7 Å². The Morgan fingerprint density at radius 2 is 2.22 bits per heavy atom. The van der Waals surface area contributed by atoms with Gasteiger partial charge >= 0.3 is 0 Å². The van der Waals surface area contributed by atoms with Crippen LogP contribution in [0, 0.1) is 23.2 Å². The zero-order chi connectivity index (χ0) is 12.6. The lowest BCUT2D eigenvalue weighted by molar-refractivity contribution is -0.153. The van der Waals surface area contributed by atoms with Crippen molar-refractivity contribution in [3.05, 3.63) is 0 Å². The van der Waals surface area contributed by atoms with E-state index in [4.69, 9.17) is 0 Å². The molecule has 0 aliphatic heterocycles. The van der Waals surface area contributed by atoms with Crippen LogP contribution < -0.4 is 5.32 Å². The summed E-state index contributed by atoms with van der Waals surface area (Å²) in [6.45, 7) is 3.07. The minimum absolute atomic E-state index is 0.0534. The second-order valence-electron chi connectivity index (χ2n) is 6.91. The summed E-state index contributed by atoms with van der Waals surface area (Å²) in [7, 11) is 0. The van der Waals surface area contributed by atoms with Gasteiger partial charge in [-0.1, -0.05) is 32.6 Å². The maximum absolute atomic E-state index is 12.7. The predicted octanol–water partition coefficient (Wildman–Crippen LogP) is 3.51. The Bertz CT molecular complexity index is 327. The first kappa shape index (κ1) is 12.5. The van der Waals surface area contributed by atoms with E-state index in [1.807, 2.05) is 0 Å². The zero-order valence-corrected chi connectivity index (χ0v) is 11.7. The van der Waals surface area contributed by atoms with Crippen LogP contribution in [0.2, 0.25) is 0 Å². The fraction of sp³-hybridized carbons (Fsp3) is 0.938. The fourth-order valence-electron chi connectivity index (χ4n) is 5.16. The summed E-state index contributed by atoms with van der Waals surface area (Å²) in [5.41, 5.74) is 0.0534. The van der Waals surface area contributed by atoms with Crippen molar-refractivity contribution in [3.63, 3.8) is 0 Å². The lowest BCUT2D eigenvalue weighted by atomic mass is 9.47. The Balaban J connectivity index is 1.73. The van der Waals surface area contributed by atoms with Gasteiger partial charge < -0.3 is 5.32 Å². The van der Waals surface area contributed by atoms with E-state index in [9.17, 15) is 4.79 Å². The molecule has 2 heteroatoms. The fourth-order valence-corrected chi connectivity index (χ4v) is 5.16. The van der Waals surface area contributed by atoms with Gasteiger partial charge in [0.15, 0.2) is 0 Å². The SMILES string of the molecule is CCCCNC(=O)[C@@]12CCC[C@H]3C[C@@H](CC[C@H]31)C2. The molecule has 2 nitrogen and oxygen atoms in total. The Morgan fingerprint density at radius 1 is 1.33 bits per heavy atom. The van der Waals surface area contributed by atoms with Gasteiger partial charge in [0.25, 0.3) is 0 Å². The van der Waals surface area contributed by atoms with Crippen LogP contribution >= 0.6 is 0 Å². The van der Waals surface area contributed by atoms with Crippen molar-refractivity contribution in [2.75, 3.05) is 6.54 Å². The maximum atomic E-state index is 12.7. The van der Waals surface area contributed by atoms with Crippen molar-refractivity contribution in [1.29, 1.82) is 0 Å². The lowest BCUT2D eigenvalue weighted by Crippen LogP contribution is -2.56. The maximum Gasteiger partial charge on any atom is 0.226 e. The third-order valence-electron chi connectivity index (χ3n) is 5.92. The standard InChI is InChI=1S/C16H27NO/c1-2-3-9-17-15(18)16-8-4-5-13-10-12(11-16)6-7-14(13)16/h12-14H,2-11H2,1H3,(H,17,18)/t12-,13+,14-,16-/m1/s1. The van der Waals surface area contributed by atoms with Gasteiger partial charge in [0.2, 0.25) is 5.91 Å². The molecule has 4 saturated carbocycles. The highest BCUT2D eigenvalue weighted by molar-refractivity contribution is 5.83. The van der Waals surface area contributed by atoms with Crippen molar-refractivity contribution in [3.8, 4) is 0 Å². The molecule has 0 spiro atoms. The number of hydrogen-bond acceptors (Lipinski definition) is 1. The van der Waals surface area contributed by atoms with E-state index in [0.29, 0.717) is 5.91 Å². The zero-order valence-electron chi connectivity index (χ0n) is 11.7. The molecule has 0 aromatic heterocycles. The first-order chi connectivity index (χ1) is 8.76. The van der Waals surface area contributed by atoms with Crippen molar-refractivity contribution in [2.45, 2.75) is 64.7 Å². The van der Waals surface area contributed by atoms with Gasteiger partial charge in [-0.05, 0) is 49.9 Å². The quantitative estimate of drug-likeness (QED) is 0.759. The summed E-state index contributed by atoms with van der Waals surface area (Å²) in [6, 6.07) is 0. The smallest absolute Gasteiger partial charge is 0.226 e. The van der Waals surface area contributed by atoms with Crippen molar-refractivity contribution < 1.29 is 4.79 Å². The number of carbonyl (C=O) groups is 1. The van der Waals surface area contributed by atoms with Crippen LogP contribution in [0.5, 0.6) is 0 Å². The van der Waals surface area contributed by atoms with E-state index >= 15 is 0 Å². The first-order valence-electron chi connectivity index (χ1n) is 8.04. The van der Waals surface area contributed by atoms with Crippen LogP contribution in [0.3, 0.4) is 0 Å². The third-order valence-corrected chi connectivity index (χ3v) is 5.92. The largest absolute Gasteiger partial charge is 0.356 e. The minimum Gasteiger partial charge on any atom is -0.356 e. The van der Waals surface area contributed by atoms with Gasteiger partial charge in [0.05, 0.1) is 5.41 Å². The second kappa shape index (κ2) is 4.86. The van der Waals surface area contributed by atoms with Gasteiger partial charge in [0, 0.05) is 6.54 Å². The predicted molar refractivity (Wildman–Crippen MR) is 73.1 cm³/mol. The Hall–Kier alpha value is -0.530. The van der Waals surface area contributed by atoms with Crippen LogP contribution in [0.15, 0.2) is 0 Å². The average Bonchev–Trinajstić information content (AvgIpc) is 2.39. The molecule has 4 fully saturated rings. The Kier molecular flexibility index (Phi) is 3.38. The van der Waals surface area contributed by atoms with Gasteiger partial charge in [-0.2, -0.15) is 0 Å². The summed E-state index contributed by atoms with van der Waals surface area (Å²) in [5.74, 6) is 2.87. The lowest BCUT2D eigenvalue weighted by Gasteiger charge is -2.57. The summed E-state index contributed by atoms with van der Waals surface area (Å²) in [4.78, 5) is 12.7. The molecule has 4 atom stereocenters. The van der Waals surface area contributed by atoms with E-state index in [1.165, 1.54) is 51.4 Å². The third kappa shape index (κ3) is 1.88. The molecule has 0 radical (unpaired) electrons. The number of hydrogen-bond donors (Lipinski definition) is 1.